The van der Waals surface area contributed by atoms with E-state index < -0.39 is 0 Å². The zero-order valence-electron chi connectivity index (χ0n) is 13.4. The number of benzene rings is 1. The van der Waals surface area contributed by atoms with Crippen LogP contribution in [0, 0.1) is 11.8 Å². The number of piperidine rings is 1. The number of rotatable bonds is 5. The first-order chi connectivity index (χ1) is 11.3. The van der Waals surface area contributed by atoms with Crippen LogP contribution in [0.1, 0.15) is 18.4 Å². The molecule has 5 nitrogen and oxygen atoms in total. The molecule has 3 aliphatic rings. The number of aryl methyl sites for hydroxylation is 1. The largest absolute Gasteiger partial charge is 0.454 e. The van der Waals surface area contributed by atoms with Gasteiger partial charge in [-0.25, -0.2) is 0 Å². The molecule has 23 heavy (non-hydrogen) atoms. The van der Waals surface area contributed by atoms with E-state index >= 15 is 0 Å². The molecule has 2 bridgehead atoms. The summed E-state index contributed by atoms with van der Waals surface area (Å²) in [5.41, 5.74) is 1.31. The van der Waals surface area contributed by atoms with E-state index in [9.17, 15) is 5.11 Å². The minimum Gasteiger partial charge on any atom is -0.454 e. The van der Waals surface area contributed by atoms with Crippen LogP contribution in [0.2, 0.25) is 0 Å². The van der Waals surface area contributed by atoms with Crippen LogP contribution in [0.5, 0.6) is 11.5 Å². The van der Waals surface area contributed by atoms with Crippen LogP contribution in [0.15, 0.2) is 18.2 Å². The standard InChI is InChI=1S/C18H25NO4/c20-18-14-8-19(9-15(18)11-21-10-14)6-2-1-3-13-4-5-16-17(7-13)23-12-22-16/h4-5,7,14-15,18,20H,1-3,6,8-12H2. The number of likely N-dealkylation sites (tertiary alicyclic amines) is 1. The second-order valence-corrected chi connectivity index (χ2v) is 6.95. The number of ether oxygens (including phenoxy) is 3. The normalized spacial score (nSPS) is 29.7. The van der Waals surface area contributed by atoms with Crippen LogP contribution >= 0.6 is 0 Å². The molecule has 1 N–H and O–H groups in total. The Morgan fingerprint density at radius 1 is 1.04 bits per heavy atom. The third-order valence-corrected chi connectivity index (χ3v) is 5.24. The van der Waals surface area contributed by atoms with Crippen molar-refractivity contribution >= 4 is 0 Å². The van der Waals surface area contributed by atoms with E-state index in [4.69, 9.17) is 14.2 Å². The fourth-order valence-electron chi connectivity index (χ4n) is 3.96. The molecule has 2 unspecified atom stereocenters. The summed E-state index contributed by atoms with van der Waals surface area (Å²) in [6, 6.07) is 6.23. The highest BCUT2D eigenvalue weighted by Crippen LogP contribution is 2.33. The minimum absolute atomic E-state index is 0.159. The van der Waals surface area contributed by atoms with Crippen molar-refractivity contribution in [2.24, 2.45) is 11.8 Å². The van der Waals surface area contributed by atoms with Gasteiger partial charge < -0.3 is 24.2 Å². The first-order valence-corrected chi connectivity index (χ1v) is 8.66. The molecule has 0 amide bonds. The predicted octanol–water partition coefficient (Wildman–Crippen LogP) is 1.68. The van der Waals surface area contributed by atoms with E-state index in [0.717, 1.165) is 37.6 Å². The average Bonchev–Trinajstić information content (AvgIpc) is 3.00. The lowest BCUT2D eigenvalue weighted by Gasteiger charge is -2.44. The van der Waals surface area contributed by atoms with Crippen LogP contribution in [-0.4, -0.2) is 55.8 Å². The molecule has 0 aromatic heterocycles. The van der Waals surface area contributed by atoms with E-state index in [1.807, 2.05) is 6.07 Å². The van der Waals surface area contributed by atoms with Gasteiger partial charge in [0, 0.05) is 24.9 Å². The third kappa shape index (κ3) is 3.32. The molecule has 2 fully saturated rings. The van der Waals surface area contributed by atoms with E-state index in [0.29, 0.717) is 31.8 Å². The van der Waals surface area contributed by atoms with Crippen molar-refractivity contribution in [1.29, 1.82) is 0 Å². The topological polar surface area (TPSA) is 51.2 Å². The second-order valence-electron chi connectivity index (χ2n) is 6.95. The van der Waals surface area contributed by atoms with E-state index in [2.05, 4.69) is 17.0 Å². The van der Waals surface area contributed by atoms with Gasteiger partial charge in [-0.3, -0.25) is 0 Å². The lowest BCUT2D eigenvalue weighted by molar-refractivity contribution is -0.123. The highest BCUT2D eigenvalue weighted by molar-refractivity contribution is 5.44. The number of aliphatic hydroxyl groups excluding tert-OH is 1. The molecule has 0 saturated carbocycles. The number of aliphatic hydroxyl groups is 1. The van der Waals surface area contributed by atoms with Crippen molar-refractivity contribution < 1.29 is 19.3 Å². The Kier molecular flexibility index (Phi) is 4.42. The van der Waals surface area contributed by atoms with Crippen molar-refractivity contribution in [2.75, 3.05) is 39.6 Å². The molecule has 1 aromatic rings. The summed E-state index contributed by atoms with van der Waals surface area (Å²) in [5, 5.41) is 10.2. The summed E-state index contributed by atoms with van der Waals surface area (Å²) in [6.07, 6.45) is 3.27. The zero-order valence-corrected chi connectivity index (χ0v) is 13.4. The summed E-state index contributed by atoms with van der Waals surface area (Å²) in [5.74, 6) is 2.34. The molecule has 0 spiro atoms. The van der Waals surface area contributed by atoms with Crippen molar-refractivity contribution in [3.05, 3.63) is 23.8 Å². The lowest BCUT2D eigenvalue weighted by Crippen LogP contribution is -2.55. The maximum Gasteiger partial charge on any atom is 0.231 e. The fraction of sp³-hybridized carbons (Fsp3) is 0.667. The van der Waals surface area contributed by atoms with Crippen molar-refractivity contribution in [1.82, 2.24) is 4.90 Å². The second kappa shape index (κ2) is 6.67. The van der Waals surface area contributed by atoms with Gasteiger partial charge in [-0.2, -0.15) is 0 Å². The average molecular weight is 319 g/mol. The molecule has 2 atom stereocenters. The quantitative estimate of drug-likeness (QED) is 0.837. The fourth-order valence-corrected chi connectivity index (χ4v) is 3.96. The zero-order chi connectivity index (χ0) is 15.6. The summed E-state index contributed by atoms with van der Waals surface area (Å²) in [4.78, 5) is 2.50. The first-order valence-electron chi connectivity index (χ1n) is 8.66. The van der Waals surface area contributed by atoms with Gasteiger partial charge in [0.2, 0.25) is 6.79 Å². The Morgan fingerprint density at radius 3 is 2.65 bits per heavy atom. The number of hydrogen-bond donors (Lipinski definition) is 1. The van der Waals surface area contributed by atoms with Crippen LogP contribution in [0.4, 0.5) is 0 Å². The molecule has 1 aromatic carbocycles. The Hall–Kier alpha value is -1.30. The highest BCUT2D eigenvalue weighted by atomic mass is 16.7. The van der Waals surface area contributed by atoms with Gasteiger partial charge in [0.25, 0.3) is 0 Å². The maximum atomic E-state index is 10.2. The highest BCUT2D eigenvalue weighted by Gasteiger charge is 2.38. The summed E-state index contributed by atoms with van der Waals surface area (Å²) in [7, 11) is 0. The summed E-state index contributed by atoms with van der Waals surface area (Å²) < 4.78 is 16.3. The van der Waals surface area contributed by atoms with Crippen LogP contribution in [-0.2, 0) is 11.2 Å². The van der Waals surface area contributed by atoms with Gasteiger partial charge in [-0.15, -0.1) is 0 Å². The van der Waals surface area contributed by atoms with Crippen molar-refractivity contribution in [2.45, 2.75) is 25.4 Å². The van der Waals surface area contributed by atoms with Gasteiger partial charge in [0.1, 0.15) is 0 Å². The molecule has 3 heterocycles. The van der Waals surface area contributed by atoms with Gasteiger partial charge in [0.15, 0.2) is 11.5 Å². The minimum atomic E-state index is -0.159. The SMILES string of the molecule is OC1C2COCC1CN(CCCCc1ccc3c(c1)OCO3)C2. The Balaban J connectivity index is 1.22. The molecular formula is C18H25NO4. The van der Waals surface area contributed by atoms with Crippen LogP contribution < -0.4 is 9.47 Å². The number of nitrogens with zero attached hydrogens (tertiary/aromatic N) is 1. The number of unbranched alkanes of at least 4 members (excludes halogenated alkanes) is 1. The first kappa shape index (κ1) is 15.2. The molecule has 0 aliphatic carbocycles. The molecule has 4 rings (SSSR count). The summed E-state index contributed by atoms with van der Waals surface area (Å²) >= 11 is 0. The van der Waals surface area contributed by atoms with E-state index in [1.165, 1.54) is 18.4 Å². The monoisotopic (exact) mass is 319 g/mol. The van der Waals surface area contributed by atoms with Crippen LogP contribution in [0.3, 0.4) is 0 Å². The smallest absolute Gasteiger partial charge is 0.231 e. The lowest BCUT2D eigenvalue weighted by atomic mass is 9.85. The molecule has 3 aliphatic heterocycles. The molecule has 126 valence electrons. The molecule has 2 saturated heterocycles. The van der Waals surface area contributed by atoms with Crippen molar-refractivity contribution in [3.8, 4) is 11.5 Å². The summed E-state index contributed by atoms with van der Waals surface area (Å²) in [6.45, 7) is 4.83. The Bertz CT molecular complexity index is 536. The third-order valence-electron chi connectivity index (χ3n) is 5.24. The van der Waals surface area contributed by atoms with Crippen LogP contribution in [0.25, 0.3) is 0 Å². The van der Waals surface area contributed by atoms with Gasteiger partial charge in [-0.1, -0.05) is 6.07 Å². The van der Waals surface area contributed by atoms with Gasteiger partial charge >= 0.3 is 0 Å². The van der Waals surface area contributed by atoms with E-state index in [-0.39, 0.29) is 6.10 Å². The molecular weight excluding hydrogens is 294 g/mol. The van der Waals surface area contributed by atoms with Gasteiger partial charge in [0.05, 0.1) is 19.3 Å². The van der Waals surface area contributed by atoms with E-state index in [1.54, 1.807) is 0 Å². The molecule has 5 heteroatoms. The number of fused-ring (bicyclic) bond motifs is 3. The Labute approximate surface area is 137 Å². The maximum absolute atomic E-state index is 10.2. The van der Waals surface area contributed by atoms with Crippen molar-refractivity contribution in [3.63, 3.8) is 0 Å². The van der Waals surface area contributed by atoms with Gasteiger partial charge in [-0.05, 0) is 43.5 Å². The molecule has 0 radical (unpaired) electrons. The predicted molar refractivity (Wildman–Crippen MR) is 85.7 cm³/mol. The number of hydrogen-bond acceptors (Lipinski definition) is 5. The Morgan fingerprint density at radius 2 is 1.83 bits per heavy atom.